The zero-order valence-electron chi connectivity index (χ0n) is 24.2. The highest BCUT2D eigenvalue weighted by molar-refractivity contribution is 5.92. The van der Waals surface area contributed by atoms with Crippen LogP contribution in [-0.2, 0) is 19.1 Å². The van der Waals surface area contributed by atoms with Crippen LogP contribution in [0.3, 0.4) is 0 Å². The number of hydrogen-bond acceptors (Lipinski definition) is 10. The number of aryl methyl sites for hydroxylation is 1. The van der Waals surface area contributed by atoms with Crippen LogP contribution in [0.2, 0.25) is 0 Å². The van der Waals surface area contributed by atoms with Crippen molar-refractivity contribution in [3.8, 4) is 23.0 Å². The van der Waals surface area contributed by atoms with E-state index in [1.165, 1.54) is 0 Å². The minimum Gasteiger partial charge on any atom is -0.493 e. The van der Waals surface area contributed by atoms with Gasteiger partial charge in [-0.05, 0) is 79.2 Å². The normalized spacial score (nSPS) is 10.3. The van der Waals surface area contributed by atoms with E-state index in [2.05, 4.69) is 6.58 Å². The summed E-state index contributed by atoms with van der Waals surface area (Å²) >= 11 is 0. The van der Waals surface area contributed by atoms with E-state index in [0.29, 0.717) is 72.2 Å². The highest BCUT2D eigenvalue weighted by Gasteiger charge is 2.14. The van der Waals surface area contributed by atoms with Gasteiger partial charge in [-0.3, -0.25) is 4.79 Å². The van der Waals surface area contributed by atoms with E-state index in [-0.39, 0.29) is 19.2 Å². The Balaban J connectivity index is 1.45. The molecule has 0 atom stereocenters. The minimum absolute atomic E-state index is 0.220. The molecule has 0 bridgehead atoms. The van der Waals surface area contributed by atoms with Crippen molar-refractivity contribution >= 4 is 23.9 Å². The Morgan fingerprint density at radius 3 is 1.70 bits per heavy atom. The zero-order valence-corrected chi connectivity index (χ0v) is 24.2. The number of carbonyl (C=O) groups is 4. The number of ether oxygens (including phenoxy) is 6. The van der Waals surface area contributed by atoms with Gasteiger partial charge in [0.2, 0.25) is 0 Å². The van der Waals surface area contributed by atoms with Crippen molar-refractivity contribution in [1.82, 2.24) is 0 Å². The molecule has 0 N–H and O–H groups in total. The van der Waals surface area contributed by atoms with Crippen molar-refractivity contribution in [3.05, 3.63) is 96.1 Å². The largest absolute Gasteiger partial charge is 0.493 e. The lowest BCUT2D eigenvalue weighted by Gasteiger charge is -2.11. The molecule has 0 amide bonds. The monoisotopic (exact) mass is 590 g/mol. The van der Waals surface area contributed by atoms with Crippen molar-refractivity contribution in [3.63, 3.8) is 0 Å². The van der Waals surface area contributed by atoms with Crippen LogP contribution < -0.4 is 18.9 Å². The molecule has 10 heteroatoms. The molecular weight excluding hydrogens is 556 g/mol. The fraction of sp³-hybridized carbons (Fsp3) is 0.273. The fourth-order valence-corrected chi connectivity index (χ4v) is 3.52. The van der Waals surface area contributed by atoms with Crippen LogP contribution in [0.1, 0.15) is 52.5 Å². The van der Waals surface area contributed by atoms with Gasteiger partial charge in [-0.25, -0.2) is 14.4 Å². The molecule has 0 heterocycles. The van der Waals surface area contributed by atoms with Gasteiger partial charge >= 0.3 is 23.9 Å². The predicted molar refractivity (Wildman–Crippen MR) is 157 cm³/mol. The second kappa shape index (κ2) is 17.0. The second-order valence-corrected chi connectivity index (χ2v) is 9.10. The zero-order chi connectivity index (χ0) is 31.0. The highest BCUT2D eigenvalue weighted by Crippen LogP contribution is 2.26. The van der Waals surface area contributed by atoms with Gasteiger partial charge in [0.15, 0.2) is 0 Å². The van der Waals surface area contributed by atoms with Gasteiger partial charge in [0.25, 0.3) is 0 Å². The molecule has 0 saturated heterocycles. The molecule has 0 aromatic heterocycles. The SMILES string of the molecule is C=CC(=O)OCCCOc1ccc(C(=O)Oc2ccc(OC(=O)c3ccc(OCCCOC(=O)CC)cc3)c(C)c2)cc1. The summed E-state index contributed by atoms with van der Waals surface area (Å²) in [5, 5.41) is 0. The van der Waals surface area contributed by atoms with Gasteiger partial charge in [-0.1, -0.05) is 13.5 Å². The highest BCUT2D eigenvalue weighted by atomic mass is 16.5. The van der Waals surface area contributed by atoms with Crippen molar-refractivity contribution in [2.45, 2.75) is 33.1 Å². The Hall–Kier alpha value is -5.12. The fourth-order valence-electron chi connectivity index (χ4n) is 3.52. The average Bonchev–Trinajstić information content (AvgIpc) is 3.02. The summed E-state index contributed by atoms with van der Waals surface area (Å²) in [5.41, 5.74) is 1.26. The van der Waals surface area contributed by atoms with Crippen LogP contribution in [0, 0.1) is 6.92 Å². The summed E-state index contributed by atoms with van der Waals surface area (Å²) in [6.07, 6.45) is 2.50. The molecule has 226 valence electrons. The van der Waals surface area contributed by atoms with E-state index < -0.39 is 17.9 Å². The molecule has 0 saturated carbocycles. The molecule has 43 heavy (non-hydrogen) atoms. The standard InChI is InChI=1S/C33H34O10/c1-4-30(34)40-20-6-18-38-26-12-8-24(9-13-26)32(36)42-28-16-17-29(23(3)22-28)43-33(37)25-10-14-27(15-11-25)39-19-7-21-41-31(35)5-2/h4,8-17,22H,1,5-7,18-21H2,2-3H3. The quantitative estimate of drug-likeness (QED) is 0.0894. The van der Waals surface area contributed by atoms with Gasteiger partial charge in [0.1, 0.15) is 23.0 Å². The number of rotatable bonds is 16. The third kappa shape index (κ3) is 11.0. The Morgan fingerprint density at radius 2 is 1.19 bits per heavy atom. The number of benzene rings is 3. The molecule has 0 spiro atoms. The summed E-state index contributed by atoms with van der Waals surface area (Å²) in [4.78, 5) is 47.4. The molecule has 3 aromatic rings. The predicted octanol–water partition coefficient (Wildman–Crippen LogP) is 5.65. The van der Waals surface area contributed by atoms with Gasteiger partial charge in [-0.15, -0.1) is 0 Å². The third-order valence-corrected chi connectivity index (χ3v) is 5.82. The van der Waals surface area contributed by atoms with E-state index in [9.17, 15) is 19.2 Å². The molecule has 0 fully saturated rings. The number of hydrogen-bond donors (Lipinski definition) is 0. The van der Waals surface area contributed by atoms with E-state index in [1.807, 2.05) is 0 Å². The molecule has 0 aliphatic carbocycles. The van der Waals surface area contributed by atoms with Gasteiger partial charge in [0, 0.05) is 25.3 Å². The number of carbonyl (C=O) groups excluding carboxylic acids is 4. The first kappa shape index (κ1) is 32.4. The lowest BCUT2D eigenvalue weighted by atomic mass is 10.2. The summed E-state index contributed by atoms with van der Waals surface area (Å²) in [5.74, 6) is -0.0854. The van der Waals surface area contributed by atoms with Crippen molar-refractivity contribution in [1.29, 1.82) is 0 Å². The molecule has 3 rings (SSSR count). The Bertz CT molecular complexity index is 1390. The summed E-state index contributed by atoms with van der Waals surface area (Å²) in [6, 6.07) is 17.7. The Kier molecular flexibility index (Phi) is 12.8. The molecule has 0 unspecified atom stereocenters. The summed E-state index contributed by atoms with van der Waals surface area (Å²) in [7, 11) is 0. The van der Waals surface area contributed by atoms with E-state index in [4.69, 9.17) is 28.4 Å². The van der Waals surface area contributed by atoms with E-state index >= 15 is 0 Å². The molecule has 10 nitrogen and oxygen atoms in total. The Morgan fingerprint density at radius 1 is 0.674 bits per heavy atom. The minimum atomic E-state index is -0.559. The lowest BCUT2D eigenvalue weighted by Crippen LogP contribution is -2.11. The van der Waals surface area contributed by atoms with E-state index in [1.54, 1.807) is 80.6 Å². The lowest BCUT2D eigenvalue weighted by molar-refractivity contribution is -0.143. The molecule has 0 aliphatic rings. The van der Waals surface area contributed by atoms with Crippen LogP contribution in [0.15, 0.2) is 79.4 Å². The maximum atomic E-state index is 12.7. The molecule has 3 aromatic carbocycles. The van der Waals surface area contributed by atoms with Crippen LogP contribution in [0.5, 0.6) is 23.0 Å². The van der Waals surface area contributed by atoms with Gasteiger partial charge in [-0.2, -0.15) is 0 Å². The summed E-state index contributed by atoms with van der Waals surface area (Å²) < 4.78 is 32.1. The van der Waals surface area contributed by atoms with Gasteiger partial charge < -0.3 is 28.4 Å². The van der Waals surface area contributed by atoms with Crippen molar-refractivity contribution in [2.75, 3.05) is 26.4 Å². The smallest absolute Gasteiger partial charge is 0.343 e. The first-order valence-electron chi connectivity index (χ1n) is 13.7. The molecule has 0 aliphatic heterocycles. The first-order chi connectivity index (χ1) is 20.8. The van der Waals surface area contributed by atoms with E-state index in [0.717, 1.165) is 6.08 Å². The summed E-state index contributed by atoms with van der Waals surface area (Å²) in [6.45, 7) is 8.01. The van der Waals surface area contributed by atoms with Crippen LogP contribution in [-0.4, -0.2) is 50.3 Å². The van der Waals surface area contributed by atoms with Crippen LogP contribution in [0.25, 0.3) is 0 Å². The maximum Gasteiger partial charge on any atom is 0.343 e. The Labute approximate surface area is 250 Å². The van der Waals surface area contributed by atoms with Crippen LogP contribution in [0.4, 0.5) is 0 Å². The van der Waals surface area contributed by atoms with Crippen molar-refractivity contribution in [2.24, 2.45) is 0 Å². The van der Waals surface area contributed by atoms with Crippen LogP contribution >= 0.6 is 0 Å². The molecule has 0 radical (unpaired) electrons. The van der Waals surface area contributed by atoms with Gasteiger partial charge in [0.05, 0.1) is 37.6 Å². The second-order valence-electron chi connectivity index (χ2n) is 9.10. The first-order valence-corrected chi connectivity index (χ1v) is 13.7. The number of esters is 4. The molecular formula is C33H34O10. The topological polar surface area (TPSA) is 124 Å². The van der Waals surface area contributed by atoms with Crippen molar-refractivity contribution < 1.29 is 47.6 Å². The maximum absolute atomic E-state index is 12.7. The third-order valence-electron chi connectivity index (χ3n) is 5.82. The average molecular weight is 591 g/mol.